The summed E-state index contributed by atoms with van der Waals surface area (Å²) in [6.07, 6.45) is 0. The van der Waals surface area contributed by atoms with Crippen LogP contribution >= 0.6 is 0 Å². The van der Waals surface area contributed by atoms with Gasteiger partial charge in [0.1, 0.15) is 0 Å². The van der Waals surface area contributed by atoms with Gasteiger partial charge in [0.05, 0.1) is 5.71 Å². The van der Waals surface area contributed by atoms with Crippen LogP contribution in [-0.4, -0.2) is 15.8 Å². The second-order valence-corrected chi connectivity index (χ2v) is 7.97. The standard InChI is InChI=1S/C26H28N2O/c1-19-24(27-29)20(2)26(23-16-10-5-11-17-23)28(18-21-12-6-3-7-13-21)25(19)22-14-8-4-9-15-22/h3-17,19-20,25-26,29H,18H2,1-2H3. The van der Waals surface area contributed by atoms with Gasteiger partial charge in [-0.25, -0.2) is 0 Å². The molecule has 1 aliphatic rings. The fourth-order valence-electron chi connectivity index (χ4n) is 4.92. The van der Waals surface area contributed by atoms with Crippen molar-refractivity contribution in [3.05, 3.63) is 108 Å². The predicted octanol–water partition coefficient (Wildman–Crippen LogP) is 6.09. The predicted molar refractivity (Wildman–Crippen MR) is 118 cm³/mol. The highest BCUT2D eigenvalue weighted by atomic mass is 16.4. The molecule has 4 atom stereocenters. The summed E-state index contributed by atoms with van der Waals surface area (Å²) in [6, 6.07) is 32.1. The van der Waals surface area contributed by atoms with E-state index in [9.17, 15) is 5.21 Å². The van der Waals surface area contributed by atoms with Crippen LogP contribution in [-0.2, 0) is 6.54 Å². The van der Waals surface area contributed by atoms with Crippen LogP contribution in [0.4, 0.5) is 0 Å². The van der Waals surface area contributed by atoms with Crippen LogP contribution < -0.4 is 0 Å². The molecule has 3 aromatic carbocycles. The second kappa shape index (κ2) is 8.62. The molecule has 1 fully saturated rings. The SMILES string of the molecule is CC1C(=NO)C(C)C(c2ccccc2)N(Cc2ccccc2)C1c1ccccc1. The second-order valence-electron chi connectivity index (χ2n) is 7.97. The Bertz CT molecular complexity index is 885. The molecule has 0 saturated carbocycles. The van der Waals surface area contributed by atoms with Gasteiger partial charge in [-0.15, -0.1) is 0 Å². The first-order valence-corrected chi connectivity index (χ1v) is 10.3. The van der Waals surface area contributed by atoms with E-state index in [4.69, 9.17) is 0 Å². The summed E-state index contributed by atoms with van der Waals surface area (Å²) in [6.45, 7) is 5.21. The van der Waals surface area contributed by atoms with E-state index in [0.717, 1.165) is 12.3 Å². The minimum atomic E-state index is 0.112. The van der Waals surface area contributed by atoms with E-state index >= 15 is 0 Å². The molecule has 1 aliphatic heterocycles. The van der Waals surface area contributed by atoms with Crippen molar-refractivity contribution in [1.29, 1.82) is 0 Å². The third-order valence-electron chi connectivity index (χ3n) is 6.20. The Hall–Kier alpha value is -2.91. The summed E-state index contributed by atoms with van der Waals surface area (Å²) in [5, 5.41) is 13.7. The van der Waals surface area contributed by atoms with E-state index in [0.29, 0.717) is 0 Å². The van der Waals surface area contributed by atoms with Crippen LogP contribution in [0.25, 0.3) is 0 Å². The molecule has 1 saturated heterocycles. The zero-order valence-electron chi connectivity index (χ0n) is 17.0. The van der Waals surface area contributed by atoms with Crippen molar-refractivity contribution >= 4 is 5.71 Å². The molecular weight excluding hydrogens is 356 g/mol. The Morgan fingerprint density at radius 3 is 1.52 bits per heavy atom. The maximum absolute atomic E-state index is 9.91. The van der Waals surface area contributed by atoms with Gasteiger partial charge >= 0.3 is 0 Å². The minimum absolute atomic E-state index is 0.112. The highest BCUT2D eigenvalue weighted by Gasteiger charge is 2.44. The number of nitrogens with zero attached hydrogens (tertiary/aromatic N) is 2. The molecule has 0 amide bonds. The Morgan fingerprint density at radius 1 is 0.690 bits per heavy atom. The van der Waals surface area contributed by atoms with Crippen LogP contribution in [0.5, 0.6) is 0 Å². The molecule has 0 spiro atoms. The Labute approximate surface area is 173 Å². The van der Waals surface area contributed by atoms with Crippen molar-refractivity contribution < 1.29 is 5.21 Å². The fraction of sp³-hybridized carbons (Fsp3) is 0.269. The van der Waals surface area contributed by atoms with E-state index in [1.165, 1.54) is 16.7 Å². The van der Waals surface area contributed by atoms with E-state index in [2.05, 4.69) is 115 Å². The molecule has 4 rings (SSSR count). The lowest BCUT2D eigenvalue weighted by Crippen LogP contribution is -2.49. The number of piperidine rings is 1. The first-order chi connectivity index (χ1) is 14.2. The van der Waals surface area contributed by atoms with Gasteiger partial charge in [0, 0.05) is 30.5 Å². The topological polar surface area (TPSA) is 35.8 Å². The molecule has 1 heterocycles. The molecule has 0 aliphatic carbocycles. The molecule has 3 heteroatoms. The Kier molecular flexibility index (Phi) is 5.77. The van der Waals surface area contributed by atoms with Gasteiger partial charge in [0.2, 0.25) is 0 Å². The van der Waals surface area contributed by atoms with Gasteiger partial charge in [-0.2, -0.15) is 0 Å². The molecule has 4 unspecified atom stereocenters. The molecule has 3 nitrogen and oxygen atoms in total. The number of likely N-dealkylation sites (tertiary alicyclic amines) is 1. The maximum Gasteiger partial charge on any atom is 0.0665 e. The molecular formula is C26H28N2O. The maximum atomic E-state index is 9.91. The summed E-state index contributed by atoms with van der Waals surface area (Å²) < 4.78 is 0. The van der Waals surface area contributed by atoms with Crippen molar-refractivity contribution in [2.75, 3.05) is 0 Å². The van der Waals surface area contributed by atoms with Crippen LogP contribution in [0.3, 0.4) is 0 Å². The lowest BCUT2D eigenvalue weighted by Gasteiger charge is -2.49. The first kappa shape index (κ1) is 19.4. The van der Waals surface area contributed by atoms with Gasteiger partial charge < -0.3 is 5.21 Å². The largest absolute Gasteiger partial charge is 0.411 e. The zero-order valence-corrected chi connectivity index (χ0v) is 17.0. The normalized spacial score (nSPS) is 25.0. The van der Waals surface area contributed by atoms with Crippen molar-refractivity contribution in [3.8, 4) is 0 Å². The summed E-state index contributed by atoms with van der Waals surface area (Å²) in [5.41, 5.74) is 4.67. The fourth-order valence-corrected chi connectivity index (χ4v) is 4.92. The molecule has 3 aromatic rings. The highest BCUT2D eigenvalue weighted by Crippen LogP contribution is 2.47. The number of hydrogen-bond donors (Lipinski definition) is 1. The summed E-state index contributed by atoms with van der Waals surface area (Å²) in [4.78, 5) is 2.59. The van der Waals surface area contributed by atoms with Crippen molar-refractivity contribution in [1.82, 2.24) is 4.90 Å². The molecule has 148 valence electrons. The van der Waals surface area contributed by atoms with Crippen LogP contribution in [0.1, 0.15) is 42.6 Å². The molecule has 1 N–H and O–H groups in total. The Balaban J connectivity index is 1.86. The summed E-state index contributed by atoms with van der Waals surface area (Å²) in [5.74, 6) is 0.224. The molecule has 0 radical (unpaired) electrons. The van der Waals surface area contributed by atoms with E-state index < -0.39 is 0 Å². The van der Waals surface area contributed by atoms with Crippen molar-refractivity contribution in [2.45, 2.75) is 32.5 Å². The van der Waals surface area contributed by atoms with Crippen molar-refractivity contribution in [2.24, 2.45) is 17.0 Å². The van der Waals surface area contributed by atoms with E-state index in [-0.39, 0.29) is 23.9 Å². The Morgan fingerprint density at radius 2 is 1.10 bits per heavy atom. The third-order valence-corrected chi connectivity index (χ3v) is 6.20. The minimum Gasteiger partial charge on any atom is -0.411 e. The number of benzene rings is 3. The third kappa shape index (κ3) is 3.83. The van der Waals surface area contributed by atoms with Gasteiger partial charge in [0.15, 0.2) is 0 Å². The smallest absolute Gasteiger partial charge is 0.0665 e. The van der Waals surface area contributed by atoms with Crippen molar-refractivity contribution in [3.63, 3.8) is 0 Å². The molecule has 29 heavy (non-hydrogen) atoms. The number of oxime groups is 1. The number of hydrogen-bond acceptors (Lipinski definition) is 3. The van der Waals surface area contributed by atoms with Crippen LogP contribution in [0, 0.1) is 11.8 Å². The molecule has 0 bridgehead atoms. The van der Waals surface area contributed by atoms with E-state index in [1.54, 1.807) is 0 Å². The average Bonchev–Trinajstić information content (AvgIpc) is 2.76. The lowest BCUT2D eigenvalue weighted by atomic mass is 9.73. The quantitative estimate of drug-likeness (QED) is 0.436. The van der Waals surface area contributed by atoms with Crippen LogP contribution in [0.15, 0.2) is 96.2 Å². The monoisotopic (exact) mass is 384 g/mol. The van der Waals surface area contributed by atoms with Gasteiger partial charge in [-0.05, 0) is 16.7 Å². The summed E-state index contributed by atoms with van der Waals surface area (Å²) in [7, 11) is 0. The van der Waals surface area contributed by atoms with Gasteiger partial charge in [-0.3, -0.25) is 4.90 Å². The number of rotatable bonds is 4. The zero-order chi connectivity index (χ0) is 20.2. The summed E-state index contributed by atoms with van der Waals surface area (Å²) >= 11 is 0. The van der Waals surface area contributed by atoms with Crippen LogP contribution in [0.2, 0.25) is 0 Å². The first-order valence-electron chi connectivity index (χ1n) is 10.3. The van der Waals surface area contributed by atoms with Gasteiger partial charge in [-0.1, -0.05) is 110 Å². The van der Waals surface area contributed by atoms with E-state index in [1.807, 2.05) is 0 Å². The average molecular weight is 385 g/mol. The molecule has 0 aromatic heterocycles. The van der Waals surface area contributed by atoms with Gasteiger partial charge in [0.25, 0.3) is 0 Å². The highest BCUT2D eigenvalue weighted by molar-refractivity contribution is 5.90. The lowest BCUT2D eigenvalue weighted by molar-refractivity contribution is 0.0596.